The number of carbonyl (C=O) groups is 1. The molecule has 0 unspecified atom stereocenters. The average Bonchev–Trinajstić information content (AvgIpc) is 2.54. The molecule has 0 saturated carbocycles. The van der Waals surface area contributed by atoms with E-state index in [1.54, 1.807) is 6.07 Å². The Hall–Kier alpha value is -3.34. The molecule has 0 aliphatic rings. The Labute approximate surface area is 131 Å². The van der Waals surface area contributed by atoms with E-state index < -0.39 is 5.97 Å². The SMILES string of the molecule is O=C(O)c1ccc(N=Cc2ccc3ccccc3c2O)cc1O. The van der Waals surface area contributed by atoms with Gasteiger partial charge in [-0.2, -0.15) is 0 Å². The predicted molar refractivity (Wildman–Crippen MR) is 87.9 cm³/mol. The number of fused-ring (bicyclic) bond motifs is 1. The van der Waals surface area contributed by atoms with E-state index in [4.69, 9.17) is 5.11 Å². The first-order valence-electron chi connectivity index (χ1n) is 6.87. The molecular weight excluding hydrogens is 294 g/mol. The Morgan fingerprint density at radius 3 is 2.52 bits per heavy atom. The number of carboxylic acids is 1. The van der Waals surface area contributed by atoms with Crippen LogP contribution in [0.25, 0.3) is 10.8 Å². The molecule has 0 aliphatic carbocycles. The lowest BCUT2D eigenvalue weighted by molar-refractivity contribution is 0.0694. The normalized spacial score (nSPS) is 11.1. The van der Waals surface area contributed by atoms with Gasteiger partial charge in [0, 0.05) is 23.2 Å². The van der Waals surface area contributed by atoms with Gasteiger partial charge in [-0.25, -0.2) is 4.79 Å². The molecule has 0 fully saturated rings. The molecule has 0 aromatic heterocycles. The van der Waals surface area contributed by atoms with E-state index in [2.05, 4.69) is 4.99 Å². The molecule has 0 heterocycles. The van der Waals surface area contributed by atoms with Gasteiger partial charge in [-0.15, -0.1) is 0 Å². The first kappa shape index (κ1) is 14.6. The summed E-state index contributed by atoms with van der Waals surface area (Å²) in [4.78, 5) is 15.0. The Morgan fingerprint density at radius 2 is 1.78 bits per heavy atom. The molecule has 0 radical (unpaired) electrons. The third-order valence-electron chi connectivity index (χ3n) is 3.50. The molecule has 23 heavy (non-hydrogen) atoms. The summed E-state index contributed by atoms with van der Waals surface area (Å²) in [6.45, 7) is 0. The number of hydrogen-bond acceptors (Lipinski definition) is 4. The maximum atomic E-state index is 10.9. The Kier molecular flexibility index (Phi) is 3.68. The van der Waals surface area contributed by atoms with Gasteiger partial charge < -0.3 is 15.3 Å². The quantitative estimate of drug-likeness (QED) is 0.643. The minimum atomic E-state index is -1.20. The summed E-state index contributed by atoms with van der Waals surface area (Å²) in [5.41, 5.74) is 0.739. The Bertz CT molecular complexity index is 931. The van der Waals surface area contributed by atoms with Crippen LogP contribution in [0.1, 0.15) is 15.9 Å². The van der Waals surface area contributed by atoms with Crippen LogP contribution in [0.3, 0.4) is 0 Å². The average molecular weight is 307 g/mol. The number of rotatable bonds is 3. The molecule has 3 aromatic carbocycles. The minimum Gasteiger partial charge on any atom is -0.507 e. The molecule has 3 rings (SSSR count). The fourth-order valence-corrected chi connectivity index (χ4v) is 2.30. The maximum absolute atomic E-state index is 10.9. The molecule has 114 valence electrons. The van der Waals surface area contributed by atoms with Gasteiger partial charge in [-0.3, -0.25) is 4.99 Å². The zero-order valence-electron chi connectivity index (χ0n) is 12.0. The second-order valence-corrected chi connectivity index (χ2v) is 4.99. The number of phenolic OH excluding ortho intramolecular Hbond substituents is 1. The molecule has 0 bridgehead atoms. The standard InChI is InChI=1S/C18H13NO4/c20-16-9-13(7-8-15(16)18(22)23)19-10-12-6-5-11-3-1-2-4-14(11)17(12)21/h1-10,20-21H,(H,22,23). The van der Waals surface area contributed by atoms with E-state index in [0.29, 0.717) is 11.3 Å². The van der Waals surface area contributed by atoms with Gasteiger partial charge >= 0.3 is 5.97 Å². The molecule has 5 heteroatoms. The number of phenols is 2. The summed E-state index contributed by atoms with van der Waals surface area (Å²) in [6, 6.07) is 15.1. The number of hydrogen-bond donors (Lipinski definition) is 3. The van der Waals surface area contributed by atoms with E-state index in [0.717, 1.165) is 10.8 Å². The van der Waals surface area contributed by atoms with Crippen LogP contribution in [0.2, 0.25) is 0 Å². The van der Waals surface area contributed by atoms with Gasteiger partial charge in [0.1, 0.15) is 17.1 Å². The maximum Gasteiger partial charge on any atom is 0.339 e. The van der Waals surface area contributed by atoms with Crippen LogP contribution in [-0.2, 0) is 0 Å². The monoisotopic (exact) mass is 307 g/mol. The second kappa shape index (κ2) is 5.81. The van der Waals surface area contributed by atoms with Crippen molar-refractivity contribution in [2.75, 3.05) is 0 Å². The van der Waals surface area contributed by atoms with E-state index in [1.807, 2.05) is 30.3 Å². The largest absolute Gasteiger partial charge is 0.507 e. The first-order valence-corrected chi connectivity index (χ1v) is 6.87. The number of aromatic hydroxyl groups is 2. The van der Waals surface area contributed by atoms with Crippen molar-refractivity contribution in [1.82, 2.24) is 0 Å². The van der Waals surface area contributed by atoms with Crippen LogP contribution >= 0.6 is 0 Å². The summed E-state index contributed by atoms with van der Waals surface area (Å²) in [5.74, 6) is -1.43. The molecule has 3 aromatic rings. The van der Waals surface area contributed by atoms with E-state index in [9.17, 15) is 15.0 Å². The van der Waals surface area contributed by atoms with Gasteiger partial charge in [0.25, 0.3) is 0 Å². The molecule has 0 spiro atoms. The molecule has 0 atom stereocenters. The molecule has 0 amide bonds. The van der Waals surface area contributed by atoms with Gasteiger partial charge in [0.2, 0.25) is 0 Å². The lowest BCUT2D eigenvalue weighted by Gasteiger charge is -2.04. The van der Waals surface area contributed by atoms with Gasteiger partial charge in [0.05, 0.1) is 5.69 Å². The number of aromatic carboxylic acids is 1. The number of nitrogens with zero attached hydrogens (tertiary/aromatic N) is 1. The highest BCUT2D eigenvalue weighted by atomic mass is 16.4. The smallest absolute Gasteiger partial charge is 0.339 e. The molecule has 0 aliphatic heterocycles. The van der Waals surface area contributed by atoms with Crippen LogP contribution in [0, 0.1) is 0 Å². The molecule has 3 N–H and O–H groups in total. The van der Waals surface area contributed by atoms with Crippen molar-refractivity contribution < 1.29 is 20.1 Å². The topological polar surface area (TPSA) is 90.1 Å². The van der Waals surface area contributed by atoms with Crippen LogP contribution < -0.4 is 0 Å². The van der Waals surface area contributed by atoms with Gasteiger partial charge in [0.15, 0.2) is 0 Å². The summed E-state index contributed by atoms with van der Waals surface area (Å²) in [6.07, 6.45) is 1.47. The highest BCUT2D eigenvalue weighted by Crippen LogP contribution is 2.28. The highest BCUT2D eigenvalue weighted by Gasteiger charge is 2.09. The van der Waals surface area contributed by atoms with Gasteiger partial charge in [-0.05, 0) is 23.6 Å². The third-order valence-corrected chi connectivity index (χ3v) is 3.50. The second-order valence-electron chi connectivity index (χ2n) is 4.99. The zero-order valence-corrected chi connectivity index (χ0v) is 12.0. The summed E-state index contributed by atoms with van der Waals surface area (Å²) in [5, 5.41) is 30.4. The first-order chi connectivity index (χ1) is 11.1. The van der Waals surface area contributed by atoms with Crippen LogP contribution in [-0.4, -0.2) is 27.5 Å². The molecular formula is C18H13NO4. The number of aliphatic imine (C=N–C) groups is 1. The van der Waals surface area contributed by atoms with Crippen molar-refractivity contribution >= 4 is 28.6 Å². The third kappa shape index (κ3) is 2.85. The van der Waals surface area contributed by atoms with E-state index in [-0.39, 0.29) is 17.1 Å². The van der Waals surface area contributed by atoms with E-state index >= 15 is 0 Å². The van der Waals surface area contributed by atoms with Crippen molar-refractivity contribution in [2.45, 2.75) is 0 Å². The summed E-state index contributed by atoms with van der Waals surface area (Å²) in [7, 11) is 0. The summed E-state index contributed by atoms with van der Waals surface area (Å²) < 4.78 is 0. The van der Waals surface area contributed by atoms with Gasteiger partial charge in [-0.1, -0.05) is 30.3 Å². The fraction of sp³-hybridized carbons (Fsp3) is 0. The zero-order chi connectivity index (χ0) is 16.4. The Morgan fingerprint density at radius 1 is 1.00 bits per heavy atom. The predicted octanol–water partition coefficient (Wildman–Crippen LogP) is 3.70. The molecule has 5 nitrogen and oxygen atoms in total. The number of benzene rings is 3. The van der Waals surface area contributed by atoms with E-state index in [1.165, 1.54) is 24.4 Å². The lowest BCUT2D eigenvalue weighted by atomic mass is 10.1. The van der Waals surface area contributed by atoms with Crippen LogP contribution in [0.5, 0.6) is 11.5 Å². The number of carboxylic acid groups (broad SMARTS) is 1. The molecule has 0 saturated heterocycles. The summed E-state index contributed by atoms with van der Waals surface area (Å²) >= 11 is 0. The van der Waals surface area contributed by atoms with Crippen molar-refractivity contribution in [3.8, 4) is 11.5 Å². The lowest BCUT2D eigenvalue weighted by Crippen LogP contribution is -1.95. The van der Waals surface area contributed by atoms with Crippen molar-refractivity contribution in [3.05, 3.63) is 65.7 Å². The van der Waals surface area contributed by atoms with Crippen molar-refractivity contribution in [3.63, 3.8) is 0 Å². The minimum absolute atomic E-state index is 0.123. The van der Waals surface area contributed by atoms with Crippen LogP contribution in [0.4, 0.5) is 5.69 Å². The Balaban J connectivity index is 1.95. The van der Waals surface area contributed by atoms with Crippen LogP contribution in [0.15, 0.2) is 59.6 Å². The fourth-order valence-electron chi connectivity index (χ4n) is 2.30. The highest BCUT2D eigenvalue weighted by molar-refractivity contribution is 5.97. The van der Waals surface area contributed by atoms with Crippen molar-refractivity contribution in [2.24, 2.45) is 4.99 Å². The van der Waals surface area contributed by atoms with Crippen molar-refractivity contribution in [1.29, 1.82) is 0 Å².